The molecule has 0 radical (unpaired) electrons. The Kier molecular flexibility index (Phi) is 3.20. The van der Waals surface area contributed by atoms with Crippen molar-refractivity contribution in [3.8, 4) is 5.75 Å². The van der Waals surface area contributed by atoms with Crippen LogP contribution in [0.1, 0.15) is 16.9 Å². The molecule has 1 aliphatic rings. The molecule has 2 heterocycles. The summed E-state index contributed by atoms with van der Waals surface area (Å²) in [7, 11) is 0. The lowest BCUT2D eigenvalue weighted by Gasteiger charge is -2.20. The summed E-state index contributed by atoms with van der Waals surface area (Å²) in [6, 6.07) is 10.6. The molecular weight excluding hydrogens is 256 g/mol. The molecule has 3 rings (SSSR count). The molecule has 0 atom stereocenters. The zero-order chi connectivity index (χ0) is 13.9. The van der Waals surface area contributed by atoms with Gasteiger partial charge in [0.2, 0.25) is 0 Å². The Morgan fingerprint density at radius 2 is 2.05 bits per heavy atom. The Labute approximate surface area is 116 Å². The molecule has 1 aromatic heterocycles. The molecule has 102 valence electrons. The minimum absolute atomic E-state index is 0.199. The molecule has 0 saturated heterocycles. The van der Waals surface area contributed by atoms with Gasteiger partial charge in [-0.15, -0.1) is 10.2 Å². The van der Waals surface area contributed by atoms with E-state index in [2.05, 4.69) is 10.2 Å². The second-order valence-electron chi connectivity index (χ2n) is 4.47. The van der Waals surface area contributed by atoms with E-state index in [0.29, 0.717) is 24.7 Å². The smallest absolute Gasteiger partial charge is 0.278 e. The van der Waals surface area contributed by atoms with Gasteiger partial charge in [-0.25, -0.2) is 0 Å². The summed E-state index contributed by atoms with van der Waals surface area (Å²) in [6.07, 6.45) is 0.767. The maximum atomic E-state index is 12.6. The predicted octanol–water partition coefficient (Wildman–Crippen LogP) is 1.49. The highest BCUT2D eigenvalue weighted by Gasteiger charge is 2.24. The fourth-order valence-electron chi connectivity index (χ4n) is 2.13. The average Bonchev–Trinajstić information content (AvgIpc) is 2.69. The first-order chi connectivity index (χ1) is 9.75. The number of hydrogen-bond acceptors (Lipinski definition) is 5. The lowest BCUT2D eigenvalue weighted by molar-refractivity contribution is 0.0981. The molecule has 0 saturated carbocycles. The van der Waals surface area contributed by atoms with Crippen LogP contribution in [0, 0.1) is 0 Å². The molecule has 0 spiro atoms. The summed E-state index contributed by atoms with van der Waals surface area (Å²) in [4.78, 5) is 14.2. The number of hydrogen-bond donors (Lipinski definition) is 1. The van der Waals surface area contributed by atoms with Crippen molar-refractivity contribution in [1.29, 1.82) is 0 Å². The quantitative estimate of drug-likeness (QED) is 0.849. The summed E-state index contributed by atoms with van der Waals surface area (Å²) in [5.41, 5.74) is 6.52. The summed E-state index contributed by atoms with van der Waals surface area (Å²) >= 11 is 0. The van der Waals surface area contributed by atoms with Crippen molar-refractivity contribution in [2.75, 3.05) is 23.8 Å². The molecule has 0 fully saturated rings. The third-order valence-electron chi connectivity index (χ3n) is 3.09. The van der Waals surface area contributed by atoms with Gasteiger partial charge in [0.15, 0.2) is 5.69 Å². The normalized spacial score (nSPS) is 14.1. The number of ether oxygens (including phenoxy) is 1. The summed E-state index contributed by atoms with van der Waals surface area (Å²) < 4.78 is 5.63. The molecular formula is C14H14N4O2. The Balaban J connectivity index is 1.97. The van der Waals surface area contributed by atoms with Crippen molar-refractivity contribution in [2.24, 2.45) is 0 Å². The van der Waals surface area contributed by atoms with Crippen LogP contribution in [0.3, 0.4) is 0 Å². The van der Waals surface area contributed by atoms with E-state index in [-0.39, 0.29) is 11.6 Å². The molecule has 6 nitrogen and oxygen atoms in total. The number of benzene rings is 1. The summed E-state index contributed by atoms with van der Waals surface area (Å²) in [6.45, 7) is 1.18. The van der Waals surface area contributed by atoms with Crippen LogP contribution in [0.25, 0.3) is 0 Å². The van der Waals surface area contributed by atoms with Gasteiger partial charge in [0, 0.05) is 6.54 Å². The van der Waals surface area contributed by atoms with Crippen LogP contribution in [-0.4, -0.2) is 29.3 Å². The maximum Gasteiger partial charge on any atom is 0.278 e. The fraction of sp³-hybridized carbons (Fsp3) is 0.214. The number of nitrogens with two attached hydrogens (primary N) is 1. The molecule has 1 aliphatic heterocycles. The zero-order valence-corrected chi connectivity index (χ0v) is 10.8. The first kappa shape index (κ1) is 12.4. The highest BCUT2D eigenvalue weighted by atomic mass is 16.5. The third kappa shape index (κ3) is 2.27. The maximum absolute atomic E-state index is 12.6. The topological polar surface area (TPSA) is 81.3 Å². The zero-order valence-electron chi connectivity index (χ0n) is 10.8. The van der Waals surface area contributed by atoms with E-state index in [4.69, 9.17) is 10.5 Å². The monoisotopic (exact) mass is 270 g/mol. The number of nitrogen functional groups attached to an aromatic ring is 1. The molecule has 2 N–H and O–H groups in total. The van der Waals surface area contributed by atoms with Crippen LogP contribution in [0.5, 0.6) is 5.75 Å². The first-order valence-electron chi connectivity index (χ1n) is 6.38. The third-order valence-corrected chi connectivity index (χ3v) is 3.09. The van der Waals surface area contributed by atoms with Gasteiger partial charge in [-0.1, -0.05) is 12.1 Å². The van der Waals surface area contributed by atoms with Crippen LogP contribution >= 0.6 is 0 Å². The van der Waals surface area contributed by atoms with Crippen LogP contribution in [0.4, 0.5) is 11.5 Å². The molecule has 2 aromatic rings. The van der Waals surface area contributed by atoms with Gasteiger partial charge < -0.3 is 15.4 Å². The molecule has 0 bridgehead atoms. The minimum Gasteiger partial charge on any atom is -0.491 e. The largest absolute Gasteiger partial charge is 0.491 e. The average molecular weight is 270 g/mol. The van der Waals surface area contributed by atoms with E-state index in [1.807, 2.05) is 24.3 Å². The van der Waals surface area contributed by atoms with Crippen LogP contribution in [0.2, 0.25) is 0 Å². The van der Waals surface area contributed by atoms with Gasteiger partial charge in [-0.2, -0.15) is 0 Å². The number of rotatable bonds is 1. The van der Waals surface area contributed by atoms with Crippen molar-refractivity contribution in [2.45, 2.75) is 6.42 Å². The number of aromatic nitrogens is 2. The van der Waals surface area contributed by atoms with Gasteiger partial charge in [-0.05, 0) is 30.7 Å². The molecule has 6 heteroatoms. The molecule has 0 unspecified atom stereocenters. The Morgan fingerprint density at radius 3 is 2.85 bits per heavy atom. The standard InChI is InChI=1S/C14H14N4O2/c15-13-7-6-10(16-17-13)14(19)18-8-3-9-20-12-5-2-1-4-11(12)18/h1-2,4-7H,3,8-9H2,(H2,15,17). The number of nitrogens with zero attached hydrogens (tertiary/aromatic N) is 3. The number of anilines is 2. The fourth-order valence-corrected chi connectivity index (χ4v) is 2.13. The summed E-state index contributed by atoms with van der Waals surface area (Å²) in [5.74, 6) is 0.804. The first-order valence-corrected chi connectivity index (χ1v) is 6.38. The van der Waals surface area contributed by atoms with Gasteiger partial charge >= 0.3 is 0 Å². The second kappa shape index (κ2) is 5.16. The molecule has 1 amide bonds. The number of amides is 1. The Morgan fingerprint density at radius 1 is 1.20 bits per heavy atom. The van der Waals surface area contributed by atoms with Crippen molar-refractivity contribution in [3.05, 3.63) is 42.1 Å². The second-order valence-corrected chi connectivity index (χ2v) is 4.47. The van der Waals surface area contributed by atoms with Crippen LogP contribution in [-0.2, 0) is 0 Å². The van der Waals surface area contributed by atoms with Crippen molar-refractivity contribution in [1.82, 2.24) is 10.2 Å². The molecule has 0 aliphatic carbocycles. The lowest BCUT2D eigenvalue weighted by atomic mass is 10.2. The summed E-state index contributed by atoms with van der Waals surface area (Å²) in [5, 5.41) is 7.57. The van der Waals surface area contributed by atoms with E-state index >= 15 is 0 Å². The van der Waals surface area contributed by atoms with Gasteiger partial charge in [0.1, 0.15) is 11.6 Å². The van der Waals surface area contributed by atoms with E-state index in [0.717, 1.165) is 12.1 Å². The van der Waals surface area contributed by atoms with Gasteiger partial charge in [0.05, 0.1) is 12.3 Å². The van der Waals surface area contributed by atoms with E-state index in [1.165, 1.54) is 0 Å². The van der Waals surface area contributed by atoms with Gasteiger partial charge in [0.25, 0.3) is 5.91 Å². The number of fused-ring (bicyclic) bond motifs is 1. The molecule has 1 aromatic carbocycles. The van der Waals surface area contributed by atoms with Crippen molar-refractivity contribution >= 4 is 17.4 Å². The Hall–Kier alpha value is -2.63. The number of carbonyl (C=O) groups excluding carboxylic acids is 1. The number of para-hydroxylation sites is 2. The van der Waals surface area contributed by atoms with Crippen molar-refractivity contribution < 1.29 is 9.53 Å². The van der Waals surface area contributed by atoms with Gasteiger partial charge in [-0.3, -0.25) is 4.79 Å². The van der Waals surface area contributed by atoms with E-state index in [9.17, 15) is 4.79 Å². The highest BCUT2D eigenvalue weighted by molar-refractivity contribution is 6.05. The molecule has 20 heavy (non-hydrogen) atoms. The lowest BCUT2D eigenvalue weighted by Crippen LogP contribution is -2.32. The van der Waals surface area contributed by atoms with E-state index < -0.39 is 0 Å². The highest BCUT2D eigenvalue weighted by Crippen LogP contribution is 2.31. The van der Waals surface area contributed by atoms with Crippen LogP contribution < -0.4 is 15.4 Å². The van der Waals surface area contributed by atoms with Crippen LogP contribution in [0.15, 0.2) is 36.4 Å². The SMILES string of the molecule is Nc1ccc(C(=O)N2CCCOc3ccccc32)nn1. The Bertz CT molecular complexity index is 627. The van der Waals surface area contributed by atoms with Crippen molar-refractivity contribution in [3.63, 3.8) is 0 Å². The number of carbonyl (C=O) groups is 1. The predicted molar refractivity (Wildman–Crippen MR) is 74.7 cm³/mol. The minimum atomic E-state index is -0.199. The van der Waals surface area contributed by atoms with E-state index in [1.54, 1.807) is 17.0 Å².